The van der Waals surface area contributed by atoms with Gasteiger partial charge in [-0.2, -0.15) is 0 Å². The van der Waals surface area contributed by atoms with Crippen LogP contribution in [0.1, 0.15) is 27.7 Å². The molecule has 0 saturated carbocycles. The van der Waals surface area contributed by atoms with Crippen molar-refractivity contribution in [3.63, 3.8) is 0 Å². The van der Waals surface area contributed by atoms with Gasteiger partial charge < -0.3 is 19.8 Å². The van der Waals surface area contributed by atoms with E-state index in [0.29, 0.717) is 19.6 Å². The molecule has 1 aliphatic rings. The highest BCUT2D eigenvalue weighted by Gasteiger charge is 2.44. The Hall–Kier alpha value is -1.79. The number of hydrogen-bond acceptors (Lipinski definition) is 3. The SMILES string of the molecule is CC(C)CN(CC(=O)O)C(=O)N1CCN(C)C(=O)C1(C)C. The molecule has 120 valence electrons. The Morgan fingerprint density at radius 2 is 1.90 bits per heavy atom. The normalized spacial score (nSPS) is 18.1. The molecule has 0 atom stereocenters. The van der Waals surface area contributed by atoms with E-state index >= 15 is 0 Å². The van der Waals surface area contributed by atoms with Crippen LogP contribution in [0, 0.1) is 5.92 Å². The lowest BCUT2D eigenvalue weighted by Gasteiger charge is -2.46. The summed E-state index contributed by atoms with van der Waals surface area (Å²) in [5.74, 6) is -1.04. The molecule has 1 N–H and O–H groups in total. The first-order chi connectivity index (χ1) is 9.57. The maximum atomic E-state index is 12.7. The minimum atomic E-state index is -1.05. The highest BCUT2D eigenvalue weighted by Crippen LogP contribution is 2.23. The first-order valence-corrected chi connectivity index (χ1v) is 7.11. The van der Waals surface area contributed by atoms with Crippen LogP contribution >= 0.6 is 0 Å². The van der Waals surface area contributed by atoms with Crippen molar-refractivity contribution in [2.45, 2.75) is 33.2 Å². The zero-order valence-corrected chi connectivity index (χ0v) is 13.4. The second kappa shape index (κ2) is 6.32. The zero-order valence-electron chi connectivity index (χ0n) is 13.4. The topological polar surface area (TPSA) is 81.2 Å². The molecule has 7 heteroatoms. The van der Waals surface area contributed by atoms with Gasteiger partial charge in [0.15, 0.2) is 0 Å². The molecule has 1 rings (SSSR count). The largest absolute Gasteiger partial charge is 0.480 e. The standard InChI is InChI=1S/C14H25N3O4/c1-10(2)8-16(9-11(18)19)13(21)17-7-6-15(5)12(20)14(17,3)4/h10H,6-9H2,1-5H3,(H,18,19). The summed E-state index contributed by atoms with van der Waals surface area (Å²) in [4.78, 5) is 40.2. The average Bonchev–Trinajstić information content (AvgIpc) is 2.33. The lowest BCUT2D eigenvalue weighted by Crippen LogP contribution is -2.66. The number of amides is 3. The third-order valence-corrected chi connectivity index (χ3v) is 3.62. The Balaban J connectivity index is 2.96. The molecular formula is C14H25N3O4. The van der Waals surface area contributed by atoms with Gasteiger partial charge in [0.2, 0.25) is 5.91 Å². The van der Waals surface area contributed by atoms with E-state index in [1.165, 1.54) is 9.80 Å². The minimum absolute atomic E-state index is 0.137. The van der Waals surface area contributed by atoms with Crippen LogP contribution in [0.5, 0.6) is 0 Å². The third kappa shape index (κ3) is 3.86. The van der Waals surface area contributed by atoms with Crippen molar-refractivity contribution in [2.75, 3.05) is 33.2 Å². The van der Waals surface area contributed by atoms with Crippen molar-refractivity contribution in [1.29, 1.82) is 0 Å². The van der Waals surface area contributed by atoms with E-state index in [4.69, 9.17) is 5.11 Å². The van der Waals surface area contributed by atoms with Crippen LogP contribution in [0.25, 0.3) is 0 Å². The molecule has 0 radical (unpaired) electrons. The van der Waals surface area contributed by atoms with E-state index in [2.05, 4.69) is 0 Å². The fourth-order valence-electron chi connectivity index (χ4n) is 2.53. The van der Waals surface area contributed by atoms with Crippen molar-refractivity contribution in [1.82, 2.24) is 14.7 Å². The van der Waals surface area contributed by atoms with Gasteiger partial charge in [-0.05, 0) is 19.8 Å². The number of aliphatic carboxylic acids is 1. The molecule has 1 fully saturated rings. The Kier molecular flexibility index (Phi) is 5.20. The quantitative estimate of drug-likeness (QED) is 0.828. The average molecular weight is 299 g/mol. The number of urea groups is 1. The molecule has 0 aliphatic carbocycles. The fraction of sp³-hybridized carbons (Fsp3) is 0.786. The van der Waals surface area contributed by atoms with Crippen LogP contribution in [-0.2, 0) is 9.59 Å². The number of piperazine rings is 1. The Morgan fingerprint density at radius 1 is 1.33 bits per heavy atom. The fourth-order valence-corrected chi connectivity index (χ4v) is 2.53. The molecule has 0 bridgehead atoms. The van der Waals surface area contributed by atoms with Gasteiger partial charge in [0.25, 0.3) is 0 Å². The maximum absolute atomic E-state index is 12.7. The molecular weight excluding hydrogens is 274 g/mol. The molecule has 0 spiro atoms. The van der Waals surface area contributed by atoms with Gasteiger partial charge in [0.05, 0.1) is 0 Å². The summed E-state index contributed by atoms with van der Waals surface area (Å²) >= 11 is 0. The van der Waals surface area contributed by atoms with Crippen molar-refractivity contribution in [2.24, 2.45) is 5.92 Å². The van der Waals surface area contributed by atoms with Gasteiger partial charge in [-0.25, -0.2) is 4.79 Å². The molecule has 7 nitrogen and oxygen atoms in total. The molecule has 0 aromatic carbocycles. The first-order valence-electron chi connectivity index (χ1n) is 7.11. The summed E-state index contributed by atoms with van der Waals surface area (Å²) in [6, 6.07) is -0.391. The molecule has 1 heterocycles. The molecule has 0 aromatic rings. The number of carbonyl (C=O) groups is 3. The van der Waals surface area contributed by atoms with Crippen LogP contribution in [-0.4, -0.2) is 76.5 Å². The van der Waals surface area contributed by atoms with E-state index in [1.54, 1.807) is 25.8 Å². The van der Waals surface area contributed by atoms with Crippen LogP contribution in [0.2, 0.25) is 0 Å². The van der Waals surface area contributed by atoms with Gasteiger partial charge in [-0.1, -0.05) is 13.8 Å². The van der Waals surface area contributed by atoms with Gasteiger partial charge in [-0.15, -0.1) is 0 Å². The van der Waals surface area contributed by atoms with Crippen molar-refractivity contribution in [3.05, 3.63) is 0 Å². The Morgan fingerprint density at radius 3 is 2.38 bits per heavy atom. The maximum Gasteiger partial charge on any atom is 0.323 e. The number of nitrogens with zero attached hydrogens (tertiary/aromatic N) is 3. The second-order valence-electron chi connectivity index (χ2n) is 6.39. The third-order valence-electron chi connectivity index (χ3n) is 3.62. The van der Waals surface area contributed by atoms with E-state index in [0.717, 1.165) is 0 Å². The summed E-state index contributed by atoms with van der Waals surface area (Å²) in [5.41, 5.74) is -0.960. The lowest BCUT2D eigenvalue weighted by molar-refractivity contribution is -0.145. The highest BCUT2D eigenvalue weighted by atomic mass is 16.4. The summed E-state index contributed by atoms with van der Waals surface area (Å²) in [6.07, 6.45) is 0. The molecule has 1 saturated heterocycles. The summed E-state index contributed by atoms with van der Waals surface area (Å²) in [5, 5.41) is 8.98. The van der Waals surface area contributed by atoms with Crippen LogP contribution in [0.3, 0.4) is 0 Å². The number of carboxylic acids is 1. The van der Waals surface area contributed by atoms with Crippen molar-refractivity contribution < 1.29 is 19.5 Å². The smallest absolute Gasteiger partial charge is 0.323 e. The van der Waals surface area contributed by atoms with E-state index in [-0.39, 0.29) is 18.4 Å². The lowest BCUT2D eigenvalue weighted by atomic mass is 9.98. The Bertz CT molecular complexity index is 434. The zero-order chi connectivity index (χ0) is 16.4. The monoisotopic (exact) mass is 299 g/mol. The summed E-state index contributed by atoms with van der Waals surface area (Å²) in [7, 11) is 1.70. The first kappa shape index (κ1) is 17.3. The molecule has 0 aromatic heterocycles. The van der Waals surface area contributed by atoms with E-state index < -0.39 is 17.5 Å². The van der Waals surface area contributed by atoms with Gasteiger partial charge in [0.1, 0.15) is 12.1 Å². The van der Waals surface area contributed by atoms with Gasteiger partial charge >= 0.3 is 12.0 Å². The minimum Gasteiger partial charge on any atom is -0.480 e. The van der Waals surface area contributed by atoms with Crippen LogP contribution in [0.15, 0.2) is 0 Å². The van der Waals surface area contributed by atoms with E-state index in [9.17, 15) is 14.4 Å². The predicted octanol–water partition coefficient (Wildman–Crippen LogP) is 0.702. The number of hydrogen-bond donors (Lipinski definition) is 1. The molecule has 1 aliphatic heterocycles. The number of rotatable bonds is 4. The van der Waals surface area contributed by atoms with Gasteiger partial charge in [-0.3, -0.25) is 9.59 Å². The van der Waals surface area contributed by atoms with Crippen LogP contribution in [0.4, 0.5) is 4.79 Å². The predicted molar refractivity (Wildman–Crippen MR) is 77.9 cm³/mol. The highest BCUT2D eigenvalue weighted by molar-refractivity contribution is 5.92. The summed E-state index contributed by atoms with van der Waals surface area (Å²) < 4.78 is 0. The number of likely N-dealkylation sites (N-methyl/N-ethyl adjacent to an activating group) is 1. The second-order valence-corrected chi connectivity index (χ2v) is 6.39. The molecule has 21 heavy (non-hydrogen) atoms. The molecule has 0 unspecified atom stereocenters. The Labute approximate surface area is 125 Å². The summed E-state index contributed by atoms with van der Waals surface area (Å²) in [6.45, 7) is 8.08. The van der Waals surface area contributed by atoms with E-state index in [1.807, 2.05) is 13.8 Å². The molecule has 3 amide bonds. The number of carboxylic acid groups (broad SMARTS) is 1. The van der Waals surface area contributed by atoms with Gasteiger partial charge in [0, 0.05) is 26.7 Å². The van der Waals surface area contributed by atoms with Crippen molar-refractivity contribution in [3.8, 4) is 0 Å². The van der Waals surface area contributed by atoms with Crippen LogP contribution < -0.4 is 0 Å². The number of carbonyl (C=O) groups excluding carboxylic acids is 2. The van der Waals surface area contributed by atoms with Crippen molar-refractivity contribution >= 4 is 17.9 Å².